The number of hydrogen-bond acceptors (Lipinski definition) is 4. The first kappa shape index (κ1) is 14.5. The summed E-state index contributed by atoms with van der Waals surface area (Å²) < 4.78 is 26.2. The van der Waals surface area contributed by atoms with Gasteiger partial charge in [-0.15, -0.1) is 0 Å². The summed E-state index contributed by atoms with van der Waals surface area (Å²) in [5.74, 6) is -0.295. The maximum absolute atomic E-state index is 12.4. The average Bonchev–Trinajstić information content (AvgIpc) is 2.47. The summed E-state index contributed by atoms with van der Waals surface area (Å²) >= 11 is 0. The van der Waals surface area contributed by atoms with Gasteiger partial charge in [-0.3, -0.25) is 9.20 Å². The van der Waals surface area contributed by atoms with Gasteiger partial charge in [0.15, 0.2) is 9.84 Å². The minimum absolute atomic E-state index is 0.230. The Morgan fingerprint density at radius 3 is 2.55 bits per heavy atom. The van der Waals surface area contributed by atoms with Gasteiger partial charge in [0.1, 0.15) is 5.65 Å². The van der Waals surface area contributed by atoms with Crippen LogP contribution in [0.5, 0.6) is 0 Å². The van der Waals surface area contributed by atoms with E-state index in [-0.39, 0.29) is 21.9 Å². The Labute approximate surface area is 127 Å². The third-order valence-corrected chi connectivity index (χ3v) is 5.01. The van der Waals surface area contributed by atoms with E-state index in [1.54, 1.807) is 48.7 Å². The molecular formula is C16H14N2O3S. The van der Waals surface area contributed by atoms with Crippen LogP contribution in [0.15, 0.2) is 64.4 Å². The summed E-state index contributed by atoms with van der Waals surface area (Å²) in [4.78, 5) is 16.5. The predicted molar refractivity (Wildman–Crippen MR) is 83.5 cm³/mol. The summed E-state index contributed by atoms with van der Waals surface area (Å²) in [6.45, 7) is 1.89. The maximum Gasteiger partial charge on any atom is 0.258 e. The van der Waals surface area contributed by atoms with E-state index in [9.17, 15) is 13.2 Å². The van der Waals surface area contributed by atoms with Gasteiger partial charge in [0.25, 0.3) is 5.56 Å². The van der Waals surface area contributed by atoms with Crippen LogP contribution in [-0.4, -0.2) is 17.8 Å². The van der Waals surface area contributed by atoms with Crippen molar-refractivity contribution in [2.24, 2.45) is 0 Å². The second-order valence-corrected chi connectivity index (χ2v) is 7.08. The first-order valence-corrected chi connectivity index (χ1v) is 8.38. The molecule has 5 nitrogen and oxygen atoms in total. The Kier molecular flexibility index (Phi) is 3.54. The van der Waals surface area contributed by atoms with E-state index >= 15 is 0 Å². The van der Waals surface area contributed by atoms with E-state index in [0.717, 1.165) is 5.56 Å². The standard InChI is InChI=1S/C16H14N2O3S/c1-12-5-7-14(8-6-12)22(20,21)11-13-10-16(19)18-9-3-2-4-15(18)17-13/h2-10H,11H2,1H3. The largest absolute Gasteiger partial charge is 0.269 e. The molecule has 0 aliphatic rings. The summed E-state index contributed by atoms with van der Waals surface area (Å²) in [6.07, 6.45) is 1.60. The van der Waals surface area contributed by atoms with Crippen LogP contribution in [0.25, 0.3) is 5.65 Å². The predicted octanol–water partition coefficient (Wildman–Crippen LogP) is 1.98. The fraction of sp³-hybridized carbons (Fsp3) is 0.125. The van der Waals surface area contributed by atoms with Crippen molar-refractivity contribution >= 4 is 15.5 Å². The molecule has 0 N–H and O–H groups in total. The summed E-state index contributed by atoms with van der Waals surface area (Å²) in [5, 5.41) is 0. The third-order valence-electron chi connectivity index (χ3n) is 3.34. The normalized spacial score (nSPS) is 11.7. The molecule has 0 aliphatic heterocycles. The van der Waals surface area contributed by atoms with Crippen LogP contribution in [-0.2, 0) is 15.6 Å². The minimum Gasteiger partial charge on any atom is -0.269 e. The van der Waals surface area contributed by atoms with E-state index in [1.165, 1.54) is 10.5 Å². The highest BCUT2D eigenvalue weighted by atomic mass is 32.2. The number of hydrogen-bond donors (Lipinski definition) is 0. The Bertz CT molecular complexity index is 990. The van der Waals surface area contributed by atoms with Crippen LogP contribution in [0.3, 0.4) is 0 Å². The highest BCUT2D eigenvalue weighted by Gasteiger charge is 2.17. The molecule has 2 heterocycles. The van der Waals surface area contributed by atoms with E-state index in [4.69, 9.17) is 0 Å². The van der Waals surface area contributed by atoms with Crippen LogP contribution in [0.2, 0.25) is 0 Å². The van der Waals surface area contributed by atoms with Crippen molar-refractivity contribution in [3.63, 3.8) is 0 Å². The van der Waals surface area contributed by atoms with Gasteiger partial charge in [-0.25, -0.2) is 13.4 Å². The highest BCUT2D eigenvalue weighted by Crippen LogP contribution is 2.16. The van der Waals surface area contributed by atoms with Gasteiger partial charge in [0, 0.05) is 12.3 Å². The van der Waals surface area contributed by atoms with Crippen molar-refractivity contribution in [3.8, 4) is 0 Å². The van der Waals surface area contributed by atoms with Crippen LogP contribution in [0.1, 0.15) is 11.3 Å². The number of aromatic nitrogens is 2. The van der Waals surface area contributed by atoms with Gasteiger partial charge < -0.3 is 0 Å². The number of benzene rings is 1. The Hall–Kier alpha value is -2.47. The van der Waals surface area contributed by atoms with Crippen molar-refractivity contribution < 1.29 is 8.42 Å². The fourth-order valence-electron chi connectivity index (χ4n) is 2.20. The lowest BCUT2D eigenvalue weighted by atomic mass is 10.2. The van der Waals surface area contributed by atoms with Gasteiger partial charge in [-0.05, 0) is 31.2 Å². The van der Waals surface area contributed by atoms with E-state index in [1.807, 2.05) is 6.92 Å². The Morgan fingerprint density at radius 1 is 1.09 bits per heavy atom. The summed E-state index contributed by atoms with van der Waals surface area (Å²) in [6, 6.07) is 13.0. The molecule has 1 aromatic carbocycles. The average molecular weight is 314 g/mol. The molecule has 0 aliphatic carbocycles. The van der Waals surface area contributed by atoms with Crippen LogP contribution < -0.4 is 5.56 Å². The molecule has 2 aromatic heterocycles. The molecule has 22 heavy (non-hydrogen) atoms. The second kappa shape index (κ2) is 5.38. The number of aryl methyl sites for hydroxylation is 1. The molecule has 0 saturated carbocycles. The molecule has 0 radical (unpaired) electrons. The second-order valence-electron chi connectivity index (χ2n) is 5.09. The zero-order chi connectivity index (χ0) is 15.7. The quantitative estimate of drug-likeness (QED) is 0.741. The summed E-state index contributed by atoms with van der Waals surface area (Å²) in [7, 11) is -3.53. The highest BCUT2D eigenvalue weighted by molar-refractivity contribution is 7.90. The maximum atomic E-state index is 12.4. The van der Waals surface area contributed by atoms with Gasteiger partial charge >= 0.3 is 0 Å². The zero-order valence-electron chi connectivity index (χ0n) is 11.9. The number of fused-ring (bicyclic) bond motifs is 1. The number of sulfone groups is 1. The van der Waals surface area contributed by atoms with Gasteiger partial charge in [-0.2, -0.15) is 0 Å². The molecule has 0 bridgehead atoms. The molecular weight excluding hydrogens is 300 g/mol. The van der Waals surface area contributed by atoms with Gasteiger partial charge in [-0.1, -0.05) is 23.8 Å². The molecule has 0 amide bonds. The number of nitrogens with zero attached hydrogens (tertiary/aromatic N) is 2. The van der Waals surface area contributed by atoms with E-state index in [2.05, 4.69) is 4.98 Å². The number of rotatable bonds is 3. The van der Waals surface area contributed by atoms with Crippen molar-refractivity contribution in [1.82, 2.24) is 9.38 Å². The lowest BCUT2D eigenvalue weighted by molar-refractivity contribution is 0.594. The van der Waals surface area contributed by atoms with Crippen LogP contribution >= 0.6 is 0 Å². The van der Waals surface area contributed by atoms with Crippen LogP contribution in [0, 0.1) is 6.92 Å². The molecule has 0 fully saturated rings. The topological polar surface area (TPSA) is 68.5 Å². The Morgan fingerprint density at radius 2 is 1.82 bits per heavy atom. The molecule has 0 spiro atoms. The van der Waals surface area contributed by atoms with Gasteiger partial charge in [0.05, 0.1) is 16.3 Å². The lowest BCUT2D eigenvalue weighted by Gasteiger charge is -2.06. The monoisotopic (exact) mass is 314 g/mol. The summed E-state index contributed by atoms with van der Waals surface area (Å²) in [5.41, 5.74) is 1.38. The molecule has 0 saturated heterocycles. The molecule has 6 heteroatoms. The van der Waals surface area contributed by atoms with Crippen molar-refractivity contribution in [2.45, 2.75) is 17.6 Å². The smallest absolute Gasteiger partial charge is 0.258 e. The fourth-order valence-corrected chi connectivity index (χ4v) is 3.46. The van der Waals surface area contributed by atoms with Crippen molar-refractivity contribution in [2.75, 3.05) is 0 Å². The van der Waals surface area contributed by atoms with Crippen molar-refractivity contribution in [3.05, 3.63) is 76.3 Å². The van der Waals surface area contributed by atoms with E-state index in [0.29, 0.717) is 5.65 Å². The molecule has 3 aromatic rings. The minimum atomic E-state index is -3.53. The Balaban J connectivity index is 2.02. The SMILES string of the molecule is Cc1ccc(S(=O)(=O)Cc2cc(=O)n3ccccc3n2)cc1. The van der Waals surface area contributed by atoms with E-state index < -0.39 is 9.84 Å². The molecule has 0 atom stereocenters. The van der Waals surface area contributed by atoms with Gasteiger partial charge in [0.2, 0.25) is 0 Å². The first-order chi connectivity index (χ1) is 10.5. The number of pyridine rings is 1. The molecule has 112 valence electrons. The molecule has 3 rings (SSSR count). The first-order valence-electron chi connectivity index (χ1n) is 6.72. The lowest BCUT2D eigenvalue weighted by Crippen LogP contribution is -2.17. The van der Waals surface area contributed by atoms with Crippen molar-refractivity contribution in [1.29, 1.82) is 0 Å². The van der Waals surface area contributed by atoms with Crippen LogP contribution in [0.4, 0.5) is 0 Å². The third kappa shape index (κ3) is 2.78. The molecule has 0 unspecified atom stereocenters. The zero-order valence-corrected chi connectivity index (χ0v) is 12.7.